The normalized spacial score (nSPS) is 40.9. The molecule has 0 aromatic carbocycles. The van der Waals surface area contributed by atoms with Gasteiger partial charge in [-0.2, -0.15) is 0 Å². The van der Waals surface area contributed by atoms with E-state index in [9.17, 15) is 0 Å². The van der Waals surface area contributed by atoms with E-state index in [2.05, 4.69) is 34.8 Å². The lowest BCUT2D eigenvalue weighted by Gasteiger charge is -2.38. The van der Waals surface area contributed by atoms with E-state index in [1.54, 1.807) is 7.11 Å². The van der Waals surface area contributed by atoms with Gasteiger partial charge in [0.05, 0.1) is 0 Å². The molecule has 66 valence electrons. The topological polar surface area (TPSA) is 12.5 Å². The van der Waals surface area contributed by atoms with E-state index in [1.807, 2.05) is 0 Å². The fraction of sp³-hybridized carbons (Fsp3) is 1.00. The van der Waals surface area contributed by atoms with Crippen molar-refractivity contribution in [3.8, 4) is 0 Å². The molecule has 0 aromatic rings. The van der Waals surface area contributed by atoms with Gasteiger partial charge in [-0.25, -0.2) is 0 Å². The van der Waals surface area contributed by atoms with Crippen molar-refractivity contribution in [1.82, 2.24) is 4.90 Å². The fourth-order valence-electron chi connectivity index (χ4n) is 1.86. The maximum Gasteiger partial charge on any atom is 0.112 e. The zero-order chi connectivity index (χ0) is 8.43. The van der Waals surface area contributed by atoms with Crippen LogP contribution in [0, 0.1) is 5.92 Å². The van der Waals surface area contributed by atoms with E-state index in [0.29, 0.717) is 17.0 Å². The van der Waals surface area contributed by atoms with Crippen molar-refractivity contribution in [3.63, 3.8) is 0 Å². The first-order chi connectivity index (χ1) is 5.15. The lowest BCUT2D eigenvalue weighted by atomic mass is 9.98. The van der Waals surface area contributed by atoms with Crippen molar-refractivity contribution in [3.05, 3.63) is 0 Å². The number of hydrogen-bond acceptors (Lipinski definition) is 2. The zero-order valence-electron chi connectivity index (χ0n) is 7.38. The predicted molar refractivity (Wildman–Crippen MR) is 49.9 cm³/mol. The minimum absolute atomic E-state index is 0.309. The number of alkyl halides is 1. The van der Waals surface area contributed by atoms with Crippen LogP contribution in [0.2, 0.25) is 0 Å². The minimum Gasteiger partial charge on any atom is -0.366 e. The number of methoxy groups -OCH3 is 1. The molecule has 0 N–H and O–H groups in total. The summed E-state index contributed by atoms with van der Waals surface area (Å²) in [4.78, 5) is 2.89. The second kappa shape index (κ2) is 3.87. The molecule has 3 atom stereocenters. The molecule has 0 radical (unpaired) electrons. The number of nitrogens with zero attached hydrogens (tertiary/aromatic N) is 1. The second-order valence-corrected chi connectivity index (χ2v) is 4.67. The average Bonchev–Trinajstić information content (AvgIpc) is 1.85. The van der Waals surface area contributed by atoms with Crippen LogP contribution in [0.5, 0.6) is 0 Å². The number of likely N-dealkylation sites (tertiary alicyclic amines) is 1. The van der Waals surface area contributed by atoms with Crippen LogP contribution in [0.3, 0.4) is 0 Å². The molecule has 1 rings (SSSR count). The third-order valence-electron chi connectivity index (χ3n) is 2.28. The van der Waals surface area contributed by atoms with Crippen LogP contribution in [-0.4, -0.2) is 36.7 Å². The van der Waals surface area contributed by atoms with Gasteiger partial charge >= 0.3 is 0 Å². The number of halogens is 1. The van der Waals surface area contributed by atoms with Crippen molar-refractivity contribution in [2.45, 2.75) is 24.4 Å². The molecule has 1 saturated heterocycles. The average molecular weight is 222 g/mol. The van der Waals surface area contributed by atoms with Crippen molar-refractivity contribution in [2.24, 2.45) is 5.92 Å². The fourth-order valence-corrected chi connectivity index (χ4v) is 2.90. The number of hydrogen-bond donors (Lipinski definition) is 0. The third-order valence-corrected chi connectivity index (χ3v) is 2.94. The largest absolute Gasteiger partial charge is 0.366 e. The lowest BCUT2D eigenvalue weighted by molar-refractivity contribution is -0.0721. The first kappa shape index (κ1) is 9.49. The highest BCUT2D eigenvalue weighted by Gasteiger charge is 2.29. The standard InChI is InChI=1S/C8H16BrNO/c1-6-4-7(9)5-10(2)8(6)11-3/h6-8H,4-5H2,1-3H3. The lowest BCUT2D eigenvalue weighted by Crippen LogP contribution is -2.46. The summed E-state index contributed by atoms with van der Waals surface area (Å²) in [7, 11) is 3.89. The molecule has 1 aliphatic heterocycles. The Balaban J connectivity index is 2.52. The van der Waals surface area contributed by atoms with Gasteiger partial charge in [0.2, 0.25) is 0 Å². The van der Waals surface area contributed by atoms with Gasteiger partial charge in [-0.15, -0.1) is 0 Å². The van der Waals surface area contributed by atoms with Crippen LogP contribution < -0.4 is 0 Å². The van der Waals surface area contributed by atoms with Gasteiger partial charge in [0.15, 0.2) is 0 Å². The third kappa shape index (κ3) is 2.17. The second-order valence-electron chi connectivity index (χ2n) is 3.38. The molecule has 3 unspecified atom stereocenters. The Kier molecular flexibility index (Phi) is 3.34. The highest BCUT2D eigenvalue weighted by atomic mass is 79.9. The molecule has 1 aliphatic rings. The van der Waals surface area contributed by atoms with E-state index in [4.69, 9.17) is 4.74 Å². The maximum atomic E-state index is 5.37. The molecule has 0 aliphatic carbocycles. The van der Waals surface area contributed by atoms with E-state index in [-0.39, 0.29) is 0 Å². The van der Waals surface area contributed by atoms with Crippen LogP contribution >= 0.6 is 15.9 Å². The monoisotopic (exact) mass is 221 g/mol. The van der Waals surface area contributed by atoms with Gasteiger partial charge in [0.25, 0.3) is 0 Å². The Bertz CT molecular complexity index is 119. The van der Waals surface area contributed by atoms with Crippen LogP contribution in [0.4, 0.5) is 0 Å². The Morgan fingerprint density at radius 2 is 2.18 bits per heavy atom. The van der Waals surface area contributed by atoms with Crippen molar-refractivity contribution in [2.75, 3.05) is 20.7 Å². The molecule has 0 bridgehead atoms. The Morgan fingerprint density at radius 3 is 2.64 bits per heavy atom. The molecule has 2 nitrogen and oxygen atoms in total. The van der Waals surface area contributed by atoms with Gasteiger partial charge < -0.3 is 4.74 Å². The highest BCUT2D eigenvalue weighted by molar-refractivity contribution is 9.09. The first-order valence-electron chi connectivity index (χ1n) is 4.02. The summed E-state index contributed by atoms with van der Waals surface area (Å²) in [6, 6.07) is 0. The maximum absolute atomic E-state index is 5.37. The quantitative estimate of drug-likeness (QED) is 0.626. The van der Waals surface area contributed by atoms with Gasteiger partial charge in [-0.05, 0) is 19.4 Å². The van der Waals surface area contributed by atoms with Crippen LogP contribution in [0.25, 0.3) is 0 Å². The van der Waals surface area contributed by atoms with Crippen molar-refractivity contribution < 1.29 is 4.74 Å². The zero-order valence-corrected chi connectivity index (χ0v) is 8.97. The summed E-state index contributed by atoms with van der Waals surface area (Å²) >= 11 is 3.63. The minimum atomic E-state index is 0.309. The van der Waals surface area contributed by atoms with E-state index >= 15 is 0 Å². The van der Waals surface area contributed by atoms with Gasteiger partial charge in [0.1, 0.15) is 6.23 Å². The Labute approximate surface area is 77.0 Å². The van der Waals surface area contributed by atoms with E-state index < -0.39 is 0 Å². The Morgan fingerprint density at radius 1 is 1.55 bits per heavy atom. The molecule has 0 aromatic heterocycles. The van der Waals surface area contributed by atoms with Crippen molar-refractivity contribution >= 4 is 15.9 Å². The van der Waals surface area contributed by atoms with Gasteiger partial charge in [-0.1, -0.05) is 22.9 Å². The SMILES string of the molecule is COC1C(C)CC(Br)CN1C. The summed E-state index contributed by atoms with van der Waals surface area (Å²) in [6.45, 7) is 3.32. The summed E-state index contributed by atoms with van der Waals surface area (Å²) in [6.07, 6.45) is 1.52. The highest BCUT2D eigenvalue weighted by Crippen LogP contribution is 2.26. The molecule has 0 saturated carbocycles. The molecule has 1 heterocycles. The number of piperidine rings is 1. The molecule has 11 heavy (non-hydrogen) atoms. The summed E-state index contributed by atoms with van der Waals surface area (Å²) < 4.78 is 5.37. The molecule has 0 amide bonds. The molecular weight excluding hydrogens is 206 g/mol. The van der Waals surface area contributed by atoms with E-state index in [0.717, 1.165) is 6.54 Å². The summed E-state index contributed by atoms with van der Waals surface area (Å²) in [5.74, 6) is 0.628. The summed E-state index contributed by atoms with van der Waals surface area (Å²) in [5, 5.41) is 0. The predicted octanol–water partition coefficient (Wildman–Crippen LogP) is 1.69. The molecule has 3 heteroatoms. The van der Waals surface area contributed by atoms with Crippen molar-refractivity contribution in [1.29, 1.82) is 0 Å². The van der Waals surface area contributed by atoms with Crippen LogP contribution in [0.15, 0.2) is 0 Å². The van der Waals surface area contributed by atoms with Gasteiger partial charge in [0, 0.05) is 18.5 Å². The first-order valence-corrected chi connectivity index (χ1v) is 4.93. The smallest absolute Gasteiger partial charge is 0.112 e. The van der Waals surface area contributed by atoms with E-state index in [1.165, 1.54) is 6.42 Å². The van der Waals surface area contributed by atoms with Crippen LogP contribution in [0.1, 0.15) is 13.3 Å². The number of ether oxygens (including phenoxy) is 1. The molecule has 1 fully saturated rings. The Hall–Kier alpha value is 0.400. The molecular formula is C8H16BrNO. The van der Waals surface area contributed by atoms with Crippen LogP contribution in [-0.2, 0) is 4.74 Å². The summed E-state index contributed by atoms with van der Waals surface area (Å²) in [5.41, 5.74) is 0. The molecule has 0 spiro atoms. The van der Waals surface area contributed by atoms with Gasteiger partial charge in [-0.3, -0.25) is 4.90 Å². The number of rotatable bonds is 1.